The van der Waals surface area contributed by atoms with E-state index in [9.17, 15) is 0 Å². The molecule has 4 aliphatic rings. The van der Waals surface area contributed by atoms with Gasteiger partial charge in [0.2, 0.25) is 0 Å². The second-order valence-electron chi connectivity index (χ2n) is 7.40. The fourth-order valence-corrected chi connectivity index (χ4v) is 6.16. The molecule has 0 heterocycles. The van der Waals surface area contributed by atoms with Gasteiger partial charge in [0.15, 0.2) is 0 Å². The highest BCUT2D eigenvalue weighted by Gasteiger charge is 2.51. The van der Waals surface area contributed by atoms with Crippen LogP contribution in [-0.2, 0) is 0 Å². The summed E-state index contributed by atoms with van der Waals surface area (Å²) < 4.78 is 6.94. The SMILES string of the molecule is Clc1cc(OCC23CC4CC(CC(C4)C2)C3)c(Cl)cc1Br. The summed E-state index contributed by atoms with van der Waals surface area (Å²) in [4.78, 5) is 0. The molecular weight excluding hydrogens is 371 g/mol. The average molecular weight is 390 g/mol. The lowest BCUT2D eigenvalue weighted by Crippen LogP contribution is -2.48. The summed E-state index contributed by atoms with van der Waals surface area (Å²) in [5.41, 5.74) is 0.400. The predicted molar refractivity (Wildman–Crippen MR) is 90.3 cm³/mol. The molecule has 21 heavy (non-hydrogen) atoms. The average Bonchev–Trinajstić information content (AvgIpc) is 2.40. The third-order valence-electron chi connectivity index (χ3n) is 5.67. The number of ether oxygens (including phenoxy) is 1. The Kier molecular flexibility index (Phi) is 3.71. The number of hydrogen-bond donors (Lipinski definition) is 0. The summed E-state index contributed by atoms with van der Waals surface area (Å²) in [6, 6.07) is 3.65. The van der Waals surface area contributed by atoms with Crippen LogP contribution >= 0.6 is 39.1 Å². The maximum atomic E-state index is 6.27. The van der Waals surface area contributed by atoms with Gasteiger partial charge < -0.3 is 4.74 Å². The van der Waals surface area contributed by atoms with E-state index in [4.69, 9.17) is 27.9 Å². The molecule has 4 fully saturated rings. The van der Waals surface area contributed by atoms with E-state index in [0.29, 0.717) is 15.5 Å². The van der Waals surface area contributed by atoms with Crippen LogP contribution < -0.4 is 4.74 Å². The minimum atomic E-state index is 0.400. The van der Waals surface area contributed by atoms with Crippen LogP contribution in [0.4, 0.5) is 0 Å². The molecule has 0 unspecified atom stereocenters. The zero-order valence-corrected chi connectivity index (χ0v) is 15.0. The highest BCUT2D eigenvalue weighted by Crippen LogP contribution is 2.60. The van der Waals surface area contributed by atoms with Crippen LogP contribution in [0.1, 0.15) is 38.5 Å². The largest absolute Gasteiger partial charge is 0.491 e. The summed E-state index contributed by atoms with van der Waals surface area (Å²) in [5.74, 6) is 3.57. The number of benzene rings is 1. The summed E-state index contributed by atoms with van der Waals surface area (Å²) in [6.07, 6.45) is 8.43. The van der Waals surface area contributed by atoms with Gasteiger partial charge in [0, 0.05) is 16.0 Å². The molecule has 4 bridgehead atoms. The van der Waals surface area contributed by atoms with Crippen LogP contribution in [0.25, 0.3) is 0 Å². The Morgan fingerprint density at radius 3 is 2.14 bits per heavy atom. The standard InChI is InChI=1S/C17H19BrCl2O/c18-13-4-15(20)16(5-14(13)19)21-9-17-6-10-1-11(7-17)3-12(2-10)8-17/h4-5,10-12H,1-3,6-9H2. The van der Waals surface area contributed by atoms with Gasteiger partial charge in [0.25, 0.3) is 0 Å². The molecule has 0 radical (unpaired) electrons. The highest BCUT2D eigenvalue weighted by molar-refractivity contribution is 9.10. The van der Waals surface area contributed by atoms with Crippen LogP contribution in [0.5, 0.6) is 5.75 Å². The summed E-state index contributed by atoms with van der Waals surface area (Å²) in [7, 11) is 0. The monoisotopic (exact) mass is 388 g/mol. The second-order valence-corrected chi connectivity index (χ2v) is 9.07. The van der Waals surface area contributed by atoms with Crippen molar-refractivity contribution < 1.29 is 4.74 Å². The van der Waals surface area contributed by atoms with Crippen molar-refractivity contribution in [2.75, 3.05) is 6.61 Å². The topological polar surface area (TPSA) is 9.23 Å². The first-order chi connectivity index (χ1) is 10.0. The van der Waals surface area contributed by atoms with E-state index in [1.54, 1.807) is 0 Å². The Morgan fingerprint density at radius 2 is 1.57 bits per heavy atom. The summed E-state index contributed by atoms with van der Waals surface area (Å²) in [6.45, 7) is 0.800. The molecule has 0 aromatic heterocycles. The number of rotatable bonds is 3. The molecule has 0 spiro atoms. The Labute approximate surface area is 144 Å². The predicted octanol–water partition coefficient (Wildman–Crippen LogP) is 6.35. The van der Waals surface area contributed by atoms with E-state index in [2.05, 4.69) is 15.9 Å². The maximum Gasteiger partial charge on any atom is 0.139 e. The van der Waals surface area contributed by atoms with Gasteiger partial charge in [-0.15, -0.1) is 0 Å². The Morgan fingerprint density at radius 1 is 1.00 bits per heavy atom. The second kappa shape index (κ2) is 5.32. The minimum absolute atomic E-state index is 0.400. The van der Waals surface area contributed by atoms with E-state index >= 15 is 0 Å². The molecular formula is C17H19BrCl2O. The van der Waals surface area contributed by atoms with Gasteiger partial charge in [0.05, 0.1) is 16.7 Å². The summed E-state index contributed by atoms with van der Waals surface area (Å²) >= 11 is 15.8. The lowest BCUT2D eigenvalue weighted by molar-refractivity contribution is -0.0745. The van der Waals surface area contributed by atoms with Gasteiger partial charge in [-0.25, -0.2) is 0 Å². The van der Waals surface area contributed by atoms with Crippen LogP contribution in [0.2, 0.25) is 10.0 Å². The van der Waals surface area contributed by atoms with Crippen molar-refractivity contribution in [3.8, 4) is 5.75 Å². The molecule has 0 aliphatic heterocycles. The van der Waals surface area contributed by atoms with E-state index in [0.717, 1.165) is 34.6 Å². The minimum Gasteiger partial charge on any atom is -0.491 e. The zero-order chi connectivity index (χ0) is 14.6. The first-order valence-corrected chi connectivity index (χ1v) is 9.35. The van der Waals surface area contributed by atoms with Crippen molar-refractivity contribution >= 4 is 39.1 Å². The molecule has 1 aromatic carbocycles. The van der Waals surface area contributed by atoms with E-state index in [-0.39, 0.29) is 0 Å². The Hall–Kier alpha value is 0.0800. The van der Waals surface area contributed by atoms with Gasteiger partial charge in [-0.1, -0.05) is 23.2 Å². The van der Waals surface area contributed by atoms with Gasteiger partial charge in [-0.2, -0.15) is 0 Å². The third kappa shape index (κ3) is 2.72. The molecule has 0 amide bonds. The fourth-order valence-electron chi connectivity index (χ4n) is 5.31. The van der Waals surface area contributed by atoms with E-state index < -0.39 is 0 Å². The van der Waals surface area contributed by atoms with Crippen molar-refractivity contribution in [3.05, 3.63) is 26.7 Å². The molecule has 0 saturated heterocycles. The molecule has 1 nitrogen and oxygen atoms in total. The fraction of sp³-hybridized carbons (Fsp3) is 0.647. The quantitative estimate of drug-likeness (QED) is 0.547. The Balaban J connectivity index is 1.51. The Bertz CT molecular complexity index is 537. The normalized spacial score (nSPS) is 37.0. The molecule has 4 saturated carbocycles. The van der Waals surface area contributed by atoms with Crippen LogP contribution in [-0.4, -0.2) is 6.61 Å². The maximum absolute atomic E-state index is 6.27. The van der Waals surface area contributed by atoms with Gasteiger partial charge in [-0.05, 0) is 78.3 Å². The first-order valence-electron chi connectivity index (χ1n) is 7.80. The van der Waals surface area contributed by atoms with Crippen LogP contribution in [0, 0.1) is 23.2 Å². The molecule has 4 heteroatoms. The smallest absolute Gasteiger partial charge is 0.139 e. The summed E-state index contributed by atoms with van der Waals surface area (Å²) in [5, 5.41) is 1.29. The lowest BCUT2D eigenvalue weighted by atomic mass is 9.50. The highest BCUT2D eigenvalue weighted by atomic mass is 79.9. The zero-order valence-electron chi connectivity index (χ0n) is 11.9. The molecule has 5 rings (SSSR count). The van der Waals surface area contributed by atoms with Crippen molar-refractivity contribution in [3.63, 3.8) is 0 Å². The molecule has 1 aromatic rings. The van der Waals surface area contributed by atoms with Gasteiger partial charge in [0.1, 0.15) is 5.75 Å². The van der Waals surface area contributed by atoms with Crippen LogP contribution in [0.3, 0.4) is 0 Å². The van der Waals surface area contributed by atoms with Gasteiger partial charge in [-0.3, -0.25) is 0 Å². The molecule has 4 aliphatic carbocycles. The molecule has 0 N–H and O–H groups in total. The van der Waals surface area contributed by atoms with Crippen molar-refractivity contribution in [2.45, 2.75) is 38.5 Å². The van der Waals surface area contributed by atoms with E-state index in [1.165, 1.54) is 38.5 Å². The third-order valence-corrected chi connectivity index (χ3v) is 7.17. The molecule has 0 atom stereocenters. The van der Waals surface area contributed by atoms with Crippen molar-refractivity contribution in [2.24, 2.45) is 23.2 Å². The van der Waals surface area contributed by atoms with E-state index in [1.807, 2.05) is 12.1 Å². The first kappa shape index (κ1) is 14.7. The van der Waals surface area contributed by atoms with Crippen molar-refractivity contribution in [1.29, 1.82) is 0 Å². The number of halogens is 3. The van der Waals surface area contributed by atoms with Gasteiger partial charge >= 0.3 is 0 Å². The van der Waals surface area contributed by atoms with Crippen LogP contribution in [0.15, 0.2) is 16.6 Å². The molecule has 114 valence electrons. The lowest BCUT2D eigenvalue weighted by Gasteiger charge is -2.56. The van der Waals surface area contributed by atoms with Crippen molar-refractivity contribution in [1.82, 2.24) is 0 Å². The number of hydrogen-bond acceptors (Lipinski definition) is 1.